The maximum Gasteiger partial charge on any atom is 0.335 e. The largest absolute Gasteiger partial charge is 0.478 e. The van der Waals surface area contributed by atoms with Crippen LogP contribution in [0.3, 0.4) is 0 Å². The molecule has 1 aromatic heterocycles. The van der Waals surface area contributed by atoms with E-state index in [9.17, 15) is 4.79 Å². The lowest BCUT2D eigenvalue weighted by molar-refractivity contribution is 0.0696. The second-order valence-electron chi connectivity index (χ2n) is 4.12. The minimum Gasteiger partial charge on any atom is -0.478 e. The minimum atomic E-state index is -0.897. The number of rotatable bonds is 7. The van der Waals surface area contributed by atoms with Crippen molar-refractivity contribution < 1.29 is 9.90 Å². The fraction of sp³-hybridized carbons (Fsp3) is 0.538. The van der Waals surface area contributed by atoms with Crippen LogP contribution in [0.1, 0.15) is 42.7 Å². The third-order valence-electron chi connectivity index (χ3n) is 2.53. The Kier molecular flexibility index (Phi) is 5.63. The van der Waals surface area contributed by atoms with Crippen LogP contribution in [-0.4, -0.2) is 34.0 Å². The third kappa shape index (κ3) is 4.53. The van der Waals surface area contributed by atoms with Gasteiger partial charge in [-0.2, -0.15) is 0 Å². The Morgan fingerprint density at radius 2 is 2.00 bits per heavy atom. The molecule has 94 valence electrons. The third-order valence-corrected chi connectivity index (χ3v) is 2.53. The Morgan fingerprint density at radius 1 is 1.35 bits per heavy atom. The fourth-order valence-corrected chi connectivity index (χ4v) is 1.83. The van der Waals surface area contributed by atoms with E-state index in [1.54, 1.807) is 12.3 Å². The molecule has 17 heavy (non-hydrogen) atoms. The normalized spacial score (nSPS) is 10.8. The van der Waals surface area contributed by atoms with Crippen LogP contribution in [0.4, 0.5) is 0 Å². The van der Waals surface area contributed by atoms with Gasteiger partial charge < -0.3 is 5.11 Å². The van der Waals surface area contributed by atoms with E-state index < -0.39 is 5.97 Å². The van der Waals surface area contributed by atoms with Gasteiger partial charge in [-0.3, -0.25) is 9.88 Å². The first kappa shape index (κ1) is 13.6. The van der Waals surface area contributed by atoms with Crippen LogP contribution in [0.15, 0.2) is 18.3 Å². The predicted octanol–water partition coefficient (Wildman–Crippen LogP) is 2.40. The van der Waals surface area contributed by atoms with E-state index >= 15 is 0 Å². The van der Waals surface area contributed by atoms with E-state index in [4.69, 9.17) is 5.11 Å². The fourth-order valence-electron chi connectivity index (χ4n) is 1.83. The van der Waals surface area contributed by atoms with Gasteiger partial charge in [0.15, 0.2) is 0 Å². The number of aromatic nitrogens is 1. The molecular weight excluding hydrogens is 216 g/mol. The summed E-state index contributed by atoms with van der Waals surface area (Å²) in [5, 5.41) is 8.91. The first-order chi connectivity index (χ1) is 8.17. The van der Waals surface area contributed by atoms with Gasteiger partial charge in [0.25, 0.3) is 0 Å². The zero-order chi connectivity index (χ0) is 12.7. The number of aromatic carboxylic acids is 1. The highest BCUT2D eigenvalue weighted by Gasteiger charge is 2.08. The van der Waals surface area contributed by atoms with Crippen molar-refractivity contribution in [1.82, 2.24) is 9.88 Å². The highest BCUT2D eigenvalue weighted by molar-refractivity contribution is 5.87. The number of nitrogens with zero attached hydrogens (tertiary/aromatic N) is 2. The van der Waals surface area contributed by atoms with Crippen LogP contribution < -0.4 is 0 Å². The maximum absolute atomic E-state index is 10.8. The van der Waals surface area contributed by atoms with E-state index in [1.807, 2.05) is 0 Å². The Balaban J connectivity index is 2.71. The smallest absolute Gasteiger partial charge is 0.335 e. The molecule has 1 N–H and O–H groups in total. The van der Waals surface area contributed by atoms with Crippen molar-refractivity contribution in [2.24, 2.45) is 0 Å². The number of carboxylic acids is 1. The first-order valence-electron chi connectivity index (χ1n) is 6.08. The van der Waals surface area contributed by atoms with E-state index in [1.165, 1.54) is 6.07 Å². The molecule has 4 nitrogen and oxygen atoms in total. The quantitative estimate of drug-likeness (QED) is 0.789. The average molecular weight is 236 g/mol. The molecular formula is C13H20N2O2. The van der Waals surface area contributed by atoms with Gasteiger partial charge in [0.05, 0.1) is 11.3 Å². The molecule has 0 aliphatic heterocycles. The van der Waals surface area contributed by atoms with Crippen molar-refractivity contribution in [3.63, 3.8) is 0 Å². The Labute approximate surface area is 102 Å². The highest BCUT2D eigenvalue weighted by atomic mass is 16.4. The monoisotopic (exact) mass is 236 g/mol. The molecule has 4 heteroatoms. The molecule has 0 aliphatic rings. The molecule has 0 atom stereocenters. The molecule has 0 unspecified atom stereocenters. The standard InChI is InChI=1S/C13H20N2O2/c1-3-7-15(8-4-2)10-12-9-11(13(16)17)5-6-14-12/h5-6,9H,3-4,7-8,10H2,1-2H3,(H,16,17). The molecule has 0 radical (unpaired) electrons. The summed E-state index contributed by atoms with van der Waals surface area (Å²) in [6.07, 6.45) is 3.76. The SMILES string of the molecule is CCCN(CCC)Cc1cc(C(=O)O)ccn1. The number of carboxylic acid groups (broad SMARTS) is 1. The summed E-state index contributed by atoms with van der Waals surface area (Å²) in [4.78, 5) is 17.4. The van der Waals surface area contributed by atoms with Crippen molar-refractivity contribution in [2.45, 2.75) is 33.2 Å². The van der Waals surface area contributed by atoms with Gasteiger partial charge in [0.2, 0.25) is 0 Å². The summed E-state index contributed by atoms with van der Waals surface area (Å²) in [7, 11) is 0. The lowest BCUT2D eigenvalue weighted by atomic mass is 10.2. The van der Waals surface area contributed by atoms with Crippen molar-refractivity contribution in [2.75, 3.05) is 13.1 Å². The number of pyridine rings is 1. The number of hydrogen-bond acceptors (Lipinski definition) is 3. The highest BCUT2D eigenvalue weighted by Crippen LogP contribution is 2.06. The lowest BCUT2D eigenvalue weighted by Crippen LogP contribution is -2.25. The van der Waals surface area contributed by atoms with Gasteiger partial charge in [-0.1, -0.05) is 13.8 Å². The van der Waals surface area contributed by atoms with Gasteiger partial charge in [0, 0.05) is 12.7 Å². The van der Waals surface area contributed by atoms with E-state index in [0.717, 1.165) is 38.2 Å². The summed E-state index contributed by atoms with van der Waals surface area (Å²) in [5.41, 5.74) is 1.13. The van der Waals surface area contributed by atoms with Crippen LogP contribution in [0.2, 0.25) is 0 Å². The van der Waals surface area contributed by atoms with Crippen LogP contribution >= 0.6 is 0 Å². The Bertz CT molecular complexity index is 360. The van der Waals surface area contributed by atoms with Crippen LogP contribution in [0.25, 0.3) is 0 Å². The molecule has 0 aliphatic carbocycles. The van der Waals surface area contributed by atoms with Gasteiger partial charge >= 0.3 is 5.97 Å². The molecule has 0 spiro atoms. The summed E-state index contributed by atoms with van der Waals surface area (Å²) >= 11 is 0. The van der Waals surface area contributed by atoms with Gasteiger partial charge in [-0.05, 0) is 38.1 Å². The maximum atomic E-state index is 10.8. The van der Waals surface area contributed by atoms with Gasteiger partial charge in [-0.15, -0.1) is 0 Å². The lowest BCUT2D eigenvalue weighted by Gasteiger charge is -2.20. The van der Waals surface area contributed by atoms with Crippen LogP contribution in [0, 0.1) is 0 Å². The molecule has 0 saturated heterocycles. The Morgan fingerprint density at radius 3 is 2.53 bits per heavy atom. The summed E-state index contributed by atoms with van der Waals surface area (Å²) in [6.45, 7) is 7.05. The number of hydrogen-bond donors (Lipinski definition) is 1. The molecule has 1 rings (SSSR count). The zero-order valence-electron chi connectivity index (χ0n) is 10.5. The van der Waals surface area contributed by atoms with E-state index in [-0.39, 0.29) is 0 Å². The minimum absolute atomic E-state index is 0.308. The predicted molar refractivity (Wildman–Crippen MR) is 67.1 cm³/mol. The van der Waals surface area contributed by atoms with Gasteiger partial charge in [0.1, 0.15) is 0 Å². The molecule has 0 fully saturated rings. The van der Waals surface area contributed by atoms with Crippen molar-refractivity contribution in [1.29, 1.82) is 0 Å². The van der Waals surface area contributed by atoms with Crippen molar-refractivity contribution in [3.05, 3.63) is 29.6 Å². The molecule has 0 amide bonds. The van der Waals surface area contributed by atoms with E-state index in [0.29, 0.717) is 5.56 Å². The van der Waals surface area contributed by atoms with Crippen LogP contribution in [-0.2, 0) is 6.54 Å². The van der Waals surface area contributed by atoms with Gasteiger partial charge in [-0.25, -0.2) is 4.79 Å². The van der Waals surface area contributed by atoms with Crippen LogP contribution in [0.5, 0.6) is 0 Å². The zero-order valence-corrected chi connectivity index (χ0v) is 10.5. The summed E-state index contributed by atoms with van der Waals surface area (Å²) in [5.74, 6) is -0.897. The molecule has 1 heterocycles. The Hall–Kier alpha value is -1.42. The molecule has 0 aromatic carbocycles. The van der Waals surface area contributed by atoms with Crippen molar-refractivity contribution >= 4 is 5.97 Å². The topological polar surface area (TPSA) is 53.4 Å². The first-order valence-corrected chi connectivity index (χ1v) is 6.08. The summed E-state index contributed by atoms with van der Waals surface area (Å²) in [6, 6.07) is 3.18. The second-order valence-corrected chi connectivity index (χ2v) is 4.12. The average Bonchev–Trinajstić information content (AvgIpc) is 2.30. The molecule has 0 saturated carbocycles. The summed E-state index contributed by atoms with van der Waals surface area (Å²) < 4.78 is 0. The molecule has 0 bridgehead atoms. The molecule has 1 aromatic rings. The second kappa shape index (κ2) is 7.01. The number of carbonyl (C=O) groups is 1. The van der Waals surface area contributed by atoms with Crippen molar-refractivity contribution in [3.8, 4) is 0 Å². The van der Waals surface area contributed by atoms with E-state index in [2.05, 4.69) is 23.7 Å².